The molecule has 2 rings (SSSR count). The second-order valence-corrected chi connectivity index (χ2v) is 3.22. The van der Waals surface area contributed by atoms with E-state index in [1.807, 2.05) is 48.5 Å². The summed E-state index contributed by atoms with van der Waals surface area (Å²) >= 11 is 0. The summed E-state index contributed by atoms with van der Waals surface area (Å²) in [7, 11) is 0. The van der Waals surface area contributed by atoms with Crippen molar-refractivity contribution in [2.24, 2.45) is 0 Å². The van der Waals surface area contributed by atoms with Crippen LogP contribution in [-0.2, 0) is 6.54 Å². The molecule has 0 aliphatic carbocycles. The molecule has 2 aromatic carbocycles. The lowest BCUT2D eigenvalue weighted by Crippen LogP contribution is -2.17. The van der Waals surface area contributed by atoms with Gasteiger partial charge in [-0.15, -0.1) is 0 Å². The van der Waals surface area contributed by atoms with Crippen LogP contribution < -0.4 is 10.3 Å². The molecule has 0 aromatic heterocycles. The quantitative estimate of drug-likeness (QED) is 0.764. The van der Waals surface area contributed by atoms with Gasteiger partial charge in [-0.25, -0.2) is 0 Å². The first-order chi connectivity index (χ1) is 7.45. The van der Waals surface area contributed by atoms with Crippen molar-refractivity contribution in [3.8, 4) is 5.75 Å². The molecule has 0 atom stereocenters. The largest absolute Gasteiger partial charge is 0.408 e. The van der Waals surface area contributed by atoms with Crippen molar-refractivity contribution < 1.29 is 4.84 Å². The van der Waals surface area contributed by atoms with E-state index < -0.39 is 0 Å². The number of benzene rings is 2. The molecule has 2 aromatic rings. The Morgan fingerprint density at radius 1 is 0.800 bits per heavy atom. The minimum Gasteiger partial charge on any atom is -0.408 e. The summed E-state index contributed by atoms with van der Waals surface area (Å²) in [5.41, 5.74) is 4.12. The van der Waals surface area contributed by atoms with Gasteiger partial charge < -0.3 is 4.84 Å². The van der Waals surface area contributed by atoms with Gasteiger partial charge in [0.05, 0.1) is 6.54 Å². The van der Waals surface area contributed by atoms with Crippen LogP contribution in [0.1, 0.15) is 5.56 Å². The molecule has 0 heterocycles. The topological polar surface area (TPSA) is 21.3 Å². The summed E-state index contributed by atoms with van der Waals surface area (Å²) < 4.78 is 0. The molecular formula is C13H13NO. The zero-order valence-electron chi connectivity index (χ0n) is 8.39. The standard InChI is InChI=1S/C13H13NO/c1-3-7-12(8-4-1)11-14-15-13-9-5-2-6-10-13/h1-10,14H,11H2. The Kier molecular flexibility index (Phi) is 3.36. The Labute approximate surface area is 89.5 Å². The molecular weight excluding hydrogens is 186 g/mol. The first-order valence-corrected chi connectivity index (χ1v) is 4.94. The smallest absolute Gasteiger partial charge is 0.147 e. The number of nitrogens with one attached hydrogen (secondary N) is 1. The highest BCUT2D eigenvalue weighted by Gasteiger charge is 1.92. The maximum atomic E-state index is 5.36. The molecule has 0 aliphatic heterocycles. The first-order valence-electron chi connectivity index (χ1n) is 4.94. The molecule has 15 heavy (non-hydrogen) atoms. The van der Waals surface area contributed by atoms with Crippen molar-refractivity contribution in [2.75, 3.05) is 0 Å². The molecule has 1 N–H and O–H groups in total. The van der Waals surface area contributed by atoms with Crippen molar-refractivity contribution in [2.45, 2.75) is 6.54 Å². The van der Waals surface area contributed by atoms with Crippen molar-refractivity contribution >= 4 is 0 Å². The van der Waals surface area contributed by atoms with E-state index in [2.05, 4.69) is 17.6 Å². The summed E-state index contributed by atoms with van der Waals surface area (Å²) in [5, 5.41) is 0. The van der Waals surface area contributed by atoms with Crippen LogP contribution in [-0.4, -0.2) is 0 Å². The zero-order chi connectivity index (χ0) is 10.3. The number of para-hydroxylation sites is 1. The van der Waals surface area contributed by atoms with Gasteiger partial charge in [-0.3, -0.25) is 0 Å². The molecule has 0 fully saturated rings. The highest BCUT2D eigenvalue weighted by atomic mass is 16.6. The van der Waals surface area contributed by atoms with Crippen LogP contribution in [0, 0.1) is 0 Å². The van der Waals surface area contributed by atoms with E-state index in [4.69, 9.17) is 4.84 Å². The monoisotopic (exact) mass is 199 g/mol. The molecule has 0 saturated heterocycles. The van der Waals surface area contributed by atoms with E-state index in [0.29, 0.717) is 6.54 Å². The summed E-state index contributed by atoms with van der Waals surface area (Å²) in [6.45, 7) is 0.704. The molecule has 0 bridgehead atoms. The van der Waals surface area contributed by atoms with Crippen LogP contribution in [0.2, 0.25) is 0 Å². The fourth-order valence-electron chi connectivity index (χ4n) is 1.29. The van der Waals surface area contributed by atoms with E-state index in [0.717, 1.165) is 5.75 Å². The van der Waals surface area contributed by atoms with Gasteiger partial charge >= 0.3 is 0 Å². The zero-order valence-corrected chi connectivity index (χ0v) is 8.39. The predicted molar refractivity (Wildman–Crippen MR) is 60.4 cm³/mol. The van der Waals surface area contributed by atoms with Crippen molar-refractivity contribution in [3.05, 3.63) is 66.2 Å². The van der Waals surface area contributed by atoms with Gasteiger partial charge in [0.2, 0.25) is 0 Å². The molecule has 0 aliphatic rings. The molecule has 76 valence electrons. The molecule has 0 unspecified atom stereocenters. The summed E-state index contributed by atoms with van der Waals surface area (Å²) in [5.74, 6) is 0.827. The van der Waals surface area contributed by atoms with E-state index in [-0.39, 0.29) is 0 Å². The molecule has 2 heteroatoms. The average molecular weight is 199 g/mol. The van der Waals surface area contributed by atoms with Gasteiger partial charge in [-0.2, -0.15) is 5.48 Å². The van der Waals surface area contributed by atoms with Gasteiger partial charge in [0.15, 0.2) is 0 Å². The lowest BCUT2D eigenvalue weighted by molar-refractivity contribution is 0.190. The van der Waals surface area contributed by atoms with Crippen LogP contribution >= 0.6 is 0 Å². The maximum absolute atomic E-state index is 5.36. The van der Waals surface area contributed by atoms with Crippen molar-refractivity contribution in [3.63, 3.8) is 0 Å². The third-order valence-corrected chi connectivity index (χ3v) is 2.05. The van der Waals surface area contributed by atoms with E-state index >= 15 is 0 Å². The fraction of sp³-hybridized carbons (Fsp3) is 0.0769. The van der Waals surface area contributed by atoms with Crippen LogP contribution in [0.15, 0.2) is 60.7 Å². The van der Waals surface area contributed by atoms with Gasteiger partial charge in [-0.05, 0) is 17.7 Å². The lowest BCUT2D eigenvalue weighted by Gasteiger charge is -2.06. The van der Waals surface area contributed by atoms with Crippen molar-refractivity contribution in [1.29, 1.82) is 0 Å². The normalized spacial score (nSPS) is 9.87. The third kappa shape index (κ3) is 3.11. The minimum absolute atomic E-state index is 0.704. The highest BCUT2D eigenvalue weighted by Crippen LogP contribution is 2.07. The minimum atomic E-state index is 0.704. The van der Waals surface area contributed by atoms with E-state index in [1.54, 1.807) is 0 Å². The molecule has 0 spiro atoms. The number of rotatable bonds is 4. The summed E-state index contributed by atoms with van der Waals surface area (Å²) in [6, 6.07) is 19.8. The van der Waals surface area contributed by atoms with E-state index in [1.165, 1.54) is 5.56 Å². The molecule has 2 nitrogen and oxygen atoms in total. The van der Waals surface area contributed by atoms with Crippen LogP contribution in [0.3, 0.4) is 0 Å². The molecule has 0 amide bonds. The Balaban J connectivity index is 1.81. The SMILES string of the molecule is c1ccc(CNOc2ccccc2)cc1. The number of hydroxylamine groups is 1. The first kappa shape index (κ1) is 9.74. The van der Waals surface area contributed by atoms with Gasteiger partial charge in [-0.1, -0.05) is 48.5 Å². The van der Waals surface area contributed by atoms with Crippen LogP contribution in [0.25, 0.3) is 0 Å². The van der Waals surface area contributed by atoms with Crippen LogP contribution in [0.5, 0.6) is 5.75 Å². The summed E-state index contributed by atoms with van der Waals surface area (Å²) in [6.07, 6.45) is 0. The lowest BCUT2D eigenvalue weighted by atomic mass is 10.2. The Hall–Kier alpha value is -1.80. The summed E-state index contributed by atoms with van der Waals surface area (Å²) in [4.78, 5) is 5.36. The van der Waals surface area contributed by atoms with Crippen LogP contribution in [0.4, 0.5) is 0 Å². The second-order valence-electron chi connectivity index (χ2n) is 3.22. The third-order valence-electron chi connectivity index (χ3n) is 2.05. The second kappa shape index (κ2) is 5.17. The van der Waals surface area contributed by atoms with Gasteiger partial charge in [0.1, 0.15) is 5.75 Å². The fourth-order valence-corrected chi connectivity index (χ4v) is 1.29. The highest BCUT2D eigenvalue weighted by molar-refractivity contribution is 5.20. The van der Waals surface area contributed by atoms with Gasteiger partial charge in [0.25, 0.3) is 0 Å². The van der Waals surface area contributed by atoms with E-state index in [9.17, 15) is 0 Å². The number of hydrogen-bond donors (Lipinski definition) is 1. The van der Waals surface area contributed by atoms with Crippen molar-refractivity contribution in [1.82, 2.24) is 5.48 Å². The Bertz CT molecular complexity index is 346. The molecule has 0 saturated carbocycles. The average Bonchev–Trinajstić information content (AvgIpc) is 2.32. The Morgan fingerprint density at radius 3 is 2.07 bits per heavy atom. The number of hydrogen-bond acceptors (Lipinski definition) is 2. The maximum Gasteiger partial charge on any atom is 0.147 e. The predicted octanol–water partition coefficient (Wildman–Crippen LogP) is 2.77. The Morgan fingerprint density at radius 2 is 1.40 bits per heavy atom. The van der Waals surface area contributed by atoms with Gasteiger partial charge in [0, 0.05) is 0 Å². The molecule has 0 radical (unpaired) electrons.